The Morgan fingerprint density at radius 3 is 2.47 bits per heavy atom. The van der Waals surface area contributed by atoms with Gasteiger partial charge in [0.25, 0.3) is 5.91 Å². The lowest BCUT2D eigenvalue weighted by Crippen LogP contribution is -2.48. The van der Waals surface area contributed by atoms with Crippen LogP contribution >= 0.6 is 0 Å². The summed E-state index contributed by atoms with van der Waals surface area (Å²) in [6, 6.07) is 6.46. The molecule has 1 aromatic carbocycles. The fraction of sp³-hybridized carbons (Fsp3) is 0.409. The summed E-state index contributed by atoms with van der Waals surface area (Å²) < 4.78 is 45.6. The molecule has 2 atom stereocenters. The number of hydrogen-bond acceptors (Lipinski definition) is 4. The SMILES string of the molecule is C=CC1(F)C=C(CNC(=O)COc2ccc(C(C)(C)C)cc2)C=CC1NS(C)(=O)=O. The number of benzene rings is 1. The highest BCUT2D eigenvalue weighted by atomic mass is 32.2. The molecular weight excluding hydrogens is 407 g/mol. The minimum atomic E-state index is -3.60. The number of nitrogens with one attached hydrogen (secondary N) is 2. The van der Waals surface area contributed by atoms with Crippen LogP contribution in [-0.4, -0.2) is 45.4 Å². The lowest BCUT2D eigenvalue weighted by molar-refractivity contribution is -0.122. The van der Waals surface area contributed by atoms with E-state index in [4.69, 9.17) is 4.74 Å². The van der Waals surface area contributed by atoms with E-state index in [2.05, 4.69) is 37.4 Å². The summed E-state index contributed by atoms with van der Waals surface area (Å²) in [5, 5.41) is 2.66. The molecule has 8 heteroatoms. The largest absolute Gasteiger partial charge is 0.484 e. The molecule has 1 aliphatic carbocycles. The number of alkyl halides is 1. The molecule has 1 amide bonds. The lowest BCUT2D eigenvalue weighted by atomic mass is 9.87. The van der Waals surface area contributed by atoms with Crippen molar-refractivity contribution in [3.63, 3.8) is 0 Å². The summed E-state index contributed by atoms with van der Waals surface area (Å²) >= 11 is 0. The molecule has 2 N–H and O–H groups in total. The maximum absolute atomic E-state index is 15.0. The Balaban J connectivity index is 1.89. The molecule has 0 radical (unpaired) electrons. The van der Waals surface area contributed by atoms with Gasteiger partial charge in [-0.3, -0.25) is 4.79 Å². The van der Waals surface area contributed by atoms with Gasteiger partial charge in [-0.1, -0.05) is 51.6 Å². The van der Waals surface area contributed by atoms with Gasteiger partial charge in [0, 0.05) is 6.54 Å². The van der Waals surface area contributed by atoms with Crippen molar-refractivity contribution in [2.24, 2.45) is 0 Å². The Kier molecular flexibility index (Phi) is 7.26. The number of carbonyl (C=O) groups excluding carboxylic acids is 1. The van der Waals surface area contributed by atoms with Crippen LogP contribution in [0.5, 0.6) is 5.75 Å². The normalized spacial score (nSPS) is 21.6. The Hall–Kier alpha value is -2.45. The molecule has 0 saturated carbocycles. The zero-order valence-electron chi connectivity index (χ0n) is 17.7. The van der Waals surface area contributed by atoms with Crippen LogP contribution < -0.4 is 14.8 Å². The highest BCUT2D eigenvalue weighted by molar-refractivity contribution is 7.88. The van der Waals surface area contributed by atoms with Crippen LogP contribution in [-0.2, 0) is 20.2 Å². The molecule has 6 nitrogen and oxygen atoms in total. The highest BCUT2D eigenvalue weighted by Crippen LogP contribution is 2.28. The molecule has 0 spiro atoms. The third-order valence-corrected chi connectivity index (χ3v) is 5.30. The molecule has 1 aromatic rings. The fourth-order valence-corrected chi connectivity index (χ4v) is 3.62. The predicted molar refractivity (Wildman–Crippen MR) is 117 cm³/mol. The molecule has 2 unspecified atom stereocenters. The molecule has 0 aliphatic heterocycles. The average molecular weight is 437 g/mol. The van der Waals surface area contributed by atoms with E-state index in [1.54, 1.807) is 6.08 Å². The number of ether oxygens (including phenoxy) is 1. The van der Waals surface area contributed by atoms with Gasteiger partial charge < -0.3 is 10.1 Å². The Bertz CT molecular complexity index is 946. The summed E-state index contributed by atoms with van der Waals surface area (Å²) in [5.74, 6) is 0.225. The molecule has 1 aliphatic rings. The lowest BCUT2D eigenvalue weighted by Gasteiger charge is -2.30. The number of hydrogen-bond donors (Lipinski definition) is 2. The maximum Gasteiger partial charge on any atom is 0.258 e. The quantitative estimate of drug-likeness (QED) is 0.614. The smallest absolute Gasteiger partial charge is 0.258 e. The van der Waals surface area contributed by atoms with Crippen molar-refractivity contribution in [1.29, 1.82) is 0 Å². The van der Waals surface area contributed by atoms with Crippen molar-refractivity contribution in [2.75, 3.05) is 19.4 Å². The third-order valence-electron chi connectivity index (χ3n) is 4.62. The monoisotopic (exact) mass is 436 g/mol. The predicted octanol–water partition coefficient (Wildman–Crippen LogP) is 2.79. The summed E-state index contributed by atoms with van der Waals surface area (Å²) in [6.07, 6.45) is 6.20. The topological polar surface area (TPSA) is 84.5 Å². The van der Waals surface area contributed by atoms with Crippen LogP contribution in [0.1, 0.15) is 26.3 Å². The average Bonchev–Trinajstić information content (AvgIpc) is 2.65. The van der Waals surface area contributed by atoms with Gasteiger partial charge in [0.1, 0.15) is 5.75 Å². The van der Waals surface area contributed by atoms with E-state index >= 15 is 4.39 Å². The van der Waals surface area contributed by atoms with Crippen LogP contribution in [0.2, 0.25) is 0 Å². The molecule has 0 aromatic heterocycles. The maximum atomic E-state index is 15.0. The van der Waals surface area contributed by atoms with Gasteiger partial charge in [0.2, 0.25) is 10.0 Å². The first-order valence-corrected chi connectivity index (χ1v) is 11.4. The molecule has 0 bridgehead atoms. The zero-order chi connectivity index (χ0) is 22.6. The number of halogens is 1. The molecule has 30 heavy (non-hydrogen) atoms. The molecular formula is C22H29FN2O4S. The van der Waals surface area contributed by atoms with E-state index < -0.39 is 21.7 Å². The number of carbonyl (C=O) groups is 1. The van der Waals surface area contributed by atoms with Gasteiger partial charge in [0.15, 0.2) is 12.3 Å². The second-order valence-corrected chi connectivity index (χ2v) is 10.1. The first-order chi connectivity index (χ1) is 13.8. The summed E-state index contributed by atoms with van der Waals surface area (Å²) in [7, 11) is -3.60. The van der Waals surface area contributed by atoms with Gasteiger partial charge in [-0.2, -0.15) is 0 Å². The minimum Gasteiger partial charge on any atom is -0.484 e. The standard InChI is InChI=1S/C22H29FN2O4S/c1-6-22(23)13-16(7-12-19(22)25-30(5,27)28)14-24-20(26)15-29-18-10-8-17(9-11-18)21(2,3)4/h6-13,19,25H,1,14-15H2,2-5H3,(H,24,26). The van der Waals surface area contributed by atoms with Gasteiger partial charge in [-0.15, -0.1) is 0 Å². The van der Waals surface area contributed by atoms with Crippen molar-refractivity contribution < 1.29 is 22.3 Å². The molecule has 2 rings (SSSR count). The van der Waals surface area contributed by atoms with E-state index in [1.165, 1.54) is 12.2 Å². The van der Waals surface area contributed by atoms with E-state index in [0.29, 0.717) is 11.3 Å². The van der Waals surface area contributed by atoms with E-state index in [-0.39, 0.29) is 24.5 Å². The minimum absolute atomic E-state index is 0.0318. The van der Waals surface area contributed by atoms with Crippen molar-refractivity contribution in [2.45, 2.75) is 37.9 Å². The number of rotatable bonds is 8. The summed E-state index contributed by atoms with van der Waals surface area (Å²) in [5.41, 5.74) is -0.407. The van der Waals surface area contributed by atoms with Crippen LogP contribution in [0.25, 0.3) is 0 Å². The molecule has 0 saturated heterocycles. The van der Waals surface area contributed by atoms with Crippen molar-refractivity contribution in [3.8, 4) is 5.75 Å². The van der Waals surface area contributed by atoms with Crippen LogP contribution in [0.3, 0.4) is 0 Å². The Morgan fingerprint density at radius 1 is 1.30 bits per heavy atom. The van der Waals surface area contributed by atoms with Crippen molar-refractivity contribution in [1.82, 2.24) is 10.0 Å². The van der Waals surface area contributed by atoms with Crippen LogP contribution in [0, 0.1) is 0 Å². The molecule has 164 valence electrons. The molecule has 0 fully saturated rings. The second kappa shape index (κ2) is 9.14. The zero-order valence-corrected chi connectivity index (χ0v) is 18.6. The van der Waals surface area contributed by atoms with Crippen molar-refractivity contribution >= 4 is 15.9 Å². The second-order valence-electron chi connectivity index (χ2n) is 8.32. The molecule has 0 heterocycles. The van der Waals surface area contributed by atoms with E-state index in [9.17, 15) is 13.2 Å². The first kappa shape index (κ1) is 23.8. The number of sulfonamides is 1. The van der Waals surface area contributed by atoms with E-state index in [1.807, 2.05) is 24.3 Å². The van der Waals surface area contributed by atoms with Gasteiger partial charge in [-0.25, -0.2) is 17.5 Å². The van der Waals surface area contributed by atoms with Crippen molar-refractivity contribution in [3.05, 3.63) is 66.3 Å². The van der Waals surface area contributed by atoms with Gasteiger partial charge in [0.05, 0.1) is 12.3 Å². The van der Waals surface area contributed by atoms with Crippen LogP contribution in [0.15, 0.2) is 60.7 Å². The van der Waals surface area contributed by atoms with Gasteiger partial charge in [-0.05, 0) is 40.8 Å². The number of amides is 1. The highest BCUT2D eigenvalue weighted by Gasteiger charge is 2.36. The van der Waals surface area contributed by atoms with Crippen LogP contribution in [0.4, 0.5) is 4.39 Å². The Labute approximate surface area is 177 Å². The van der Waals surface area contributed by atoms with Gasteiger partial charge >= 0.3 is 0 Å². The van der Waals surface area contributed by atoms with E-state index in [0.717, 1.165) is 17.9 Å². The summed E-state index contributed by atoms with van der Waals surface area (Å²) in [4.78, 5) is 12.1. The Morgan fingerprint density at radius 2 is 1.93 bits per heavy atom. The summed E-state index contributed by atoms with van der Waals surface area (Å²) in [6.45, 7) is 9.70. The third kappa shape index (κ3) is 6.81. The fourth-order valence-electron chi connectivity index (χ4n) is 2.90. The first-order valence-electron chi connectivity index (χ1n) is 9.52.